The van der Waals surface area contributed by atoms with Crippen molar-refractivity contribution >= 4 is 46.0 Å². The molecule has 0 aliphatic carbocycles. The molecule has 3 aromatic rings. The highest BCUT2D eigenvalue weighted by Crippen LogP contribution is 2.27. The van der Waals surface area contributed by atoms with E-state index in [4.69, 9.17) is 0 Å². The second-order valence-electron chi connectivity index (χ2n) is 5.95. The van der Waals surface area contributed by atoms with Gasteiger partial charge in [0.2, 0.25) is 11.8 Å². The predicted molar refractivity (Wildman–Crippen MR) is 105 cm³/mol. The summed E-state index contributed by atoms with van der Waals surface area (Å²) in [5.74, 6) is -0.277. The molecule has 0 saturated carbocycles. The Labute approximate surface area is 156 Å². The lowest BCUT2D eigenvalue weighted by Crippen LogP contribution is -2.22. The molecule has 7 heteroatoms. The van der Waals surface area contributed by atoms with Crippen LogP contribution in [0.3, 0.4) is 0 Å². The summed E-state index contributed by atoms with van der Waals surface area (Å²) in [7, 11) is 1.94. The molecule has 0 unspecified atom stereocenters. The number of hydrogen-bond acceptors (Lipinski definition) is 4. The average Bonchev–Trinajstić information content (AvgIpc) is 2.91. The first kappa shape index (κ1) is 18.0. The Bertz CT molecular complexity index is 967. The van der Waals surface area contributed by atoms with Crippen LogP contribution in [0.1, 0.15) is 13.8 Å². The van der Waals surface area contributed by atoms with Crippen molar-refractivity contribution in [2.45, 2.75) is 24.3 Å². The molecular formula is C19H20N4O2S. The van der Waals surface area contributed by atoms with E-state index < -0.39 is 0 Å². The maximum absolute atomic E-state index is 12.5. The minimum Gasteiger partial charge on any atom is -0.326 e. The molecule has 1 aromatic heterocycles. The molecule has 2 N–H and O–H groups in total. The van der Waals surface area contributed by atoms with E-state index in [-0.39, 0.29) is 17.1 Å². The maximum atomic E-state index is 12.5. The molecule has 2 aromatic carbocycles. The molecule has 1 atom stereocenters. The Kier molecular flexibility index (Phi) is 5.27. The van der Waals surface area contributed by atoms with Gasteiger partial charge in [-0.3, -0.25) is 9.59 Å². The van der Waals surface area contributed by atoms with Crippen molar-refractivity contribution in [1.82, 2.24) is 9.55 Å². The Morgan fingerprint density at radius 1 is 1.08 bits per heavy atom. The third-order valence-electron chi connectivity index (χ3n) is 3.85. The number of anilines is 2. The fourth-order valence-electron chi connectivity index (χ4n) is 2.56. The molecule has 0 saturated heterocycles. The zero-order chi connectivity index (χ0) is 18.7. The number of imidazole rings is 1. The van der Waals surface area contributed by atoms with Gasteiger partial charge in [0.25, 0.3) is 0 Å². The van der Waals surface area contributed by atoms with Gasteiger partial charge in [0.15, 0.2) is 5.16 Å². The van der Waals surface area contributed by atoms with E-state index in [9.17, 15) is 9.59 Å². The lowest BCUT2D eigenvalue weighted by Gasteiger charge is -2.12. The van der Waals surface area contributed by atoms with Crippen LogP contribution in [0.25, 0.3) is 11.0 Å². The molecule has 0 fully saturated rings. The van der Waals surface area contributed by atoms with Gasteiger partial charge in [0, 0.05) is 25.3 Å². The highest BCUT2D eigenvalue weighted by molar-refractivity contribution is 8.00. The van der Waals surface area contributed by atoms with Crippen molar-refractivity contribution in [3.63, 3.8) is 0 Å². The largest absolute Gasteiger partial charge is 0.326 e. The molecule has 0 radical (unpaired) electrons. The topological polar surface area (TPSA) is 76.0 Å². The van der Waals surface area contributed by atoms with Crippen LogP contribution < -0.4 is 10.6 Å². The van der Waals surface area contributed by atoms with Gasteiger partial charge < -0.3 is 15.2 Å². The number of para-hydroxylation sites is 2. The highest BCUT2D eigenvalue weighted by Gasteiger charge is 2.18. The summed E-state index contributed by atoms with van der Waals surface area (Å²) in [5.41, 5.74) is 3.23. The number of nitrogens with one attached hydrogen (secondary N) is 2. The summed E-state index contributed by atoms with van der Waals surface area (Å²) in [6.45, 7) is 3.29. The number of hydrogen-bond donors (Lipinski definition) is 2. The molecule has 134 valence electrons. The van der Waals surface area contributed by atoms with Crippen LogP contribution in [0.15, 0.2) is 53.7 Å². The summed E-state index contributed by atoms with van der Waals surface area (Å²) >= 11 is 1.41. The predicted octanol–water partition coefficient (Wildman–Crippen LogP) is 3.65. The van der Waals surface area contributed by atoms with Crippen LogP contribution in [0.5, 0.6) is 0 Å². The number of amides is 2. The molecule has 26 heavy (non-hydrogen) atoms. The van der Waals surface area contributed by atoms with Crippen LogP contribution in [0.4, 0.5) is 11.4 Å². The van der Waals surface area contributed by atoms with Gasteiger partial charge >= 0.3 is 0 Å². The number of benzene rings is 2. The number of aryl methyl sites for hydroxylation is 1. The van der Waals surface area contributed by atoms with Crippen molar-refractivity contribution in [3.8, 4) is 0 Å². The van der Waals surface area contributed by atoms with Crippen molar-refractivity contribution in [3.05, 3.63) is 48.5 Å². The van der Waals surface area contributed by atoms with Gasteiger partial charge in [-0.2, -0.15) is 0 Å². The zero-order valence-electron chi connectivity index (χ0n) is 14.8. The number of rotatable bonds is 5. The first-order chi connectivity index (χ1) is 12.4. The molecule has 0 aliphatic rings. The van der Waals surface area contributed by atoms with Crippen molar-refractivity contribution in [1.29, 1.82) is 0 Å². The molecule has 1 heterocycles. The standard InChI is InChI=1S/C19H20N4O2S/c1-12(26-19-22-16-9-4-5-10-17(16)23(19)3)18(25)21-15-8-6-7-14(11-15)20-13(2)24/h4-12H,1-3H3,(H,20,24)(H,21,25)/t12-/m1/s1. The summed E-state index contributed by atoms with van der Waals surface area (Å²) in [5, 5.41) is 6.05. The zero-order valence-corrected chi connectivity index (χ0v) is 15.6. The Morgan fingerprint density at radius 3 is 2.46 bits per heavy atom. The normalized spacial score (nSPS) is 12.0. The van der Waals surface area contributed by atoms with Gasteiger partial charge in [0.1, 0.15) is 0 Å². The minimum atomic E-state index is -0.324. The van der Waals surface area contributed by atoms with Crippen molar-refractivity contribution < 1.29 is 9.59 Å². The van der Waals surface area contributed by atoms with E-state index in [1.165, 1.54) is 18.7 Å². The van der Waals surface area contributed by atoms with Gasteiger partial charge in [-0.05, 0) is 37.3 Å². The average molecular weight is 368 g/mol. The molecule has 6 nitrogen and oxygen atoms in total. The van der Waals surface area contributed by atoms with Crippen LogP contribution >= 0.6 is 11.8 Å². The lowest BCUT2D eigenvalue weighted by molar-refractivity contribution is -0.115. The van der Waals surface area contributed by atoms with E-state index >= 15 is 0 Å². The molecule has 3 rings (SSSR count). The number of carbonyl (C=O) groups is 2. The second-order valence-corrected chi connectivity index (χ2v) is 7.26. The summed E-state index contributed by atoms with van der Waals surface area (Å²) in [6, 6.07) is 14.9. The molecular weight excluding hydrogens is 348 g/mol. The van der Waals surface area contributed by atoms with Gasteiger partial charge in [-0.25, -0.2) is 4.98 Å². The number of fused-ring (bicyclic) bond motifs is 1. The number of nitrogens with zero attached hydrogens (tertiary/aromatic N) is 2. The highest BCUT2D eigenvalue weighted by atomic mass is 32.2. The van der Waals surface area contributed by atoms with Crippen LogP contribution in [0, 0.1) is 0 Å². The first-order valence-electron chi connectivity index (χ1n) is 8.20. The van der Waals surface area contributed by atoms with Crippen LogP contribution in [-0.4, -0.2) is 26.6 Å². The molecule has 0 spiro atoms. The SMILES string of the molecule is CC(=O)Nc1cccc(NC(=O)[C@@H](C)Sc2nc3ccccc3n2C)c1. The summed E-state index contributed by atoms with van der Waals surface area (Å²) in [4.78, 5) is 28.3. The first-order valence-corrected chi connectivity index (χ1v) is 9.08. The van der Waals surface area contributed by atoms with Gasteiger partial charge in [-0.1, -0.05) is 30.0 Å². The smallest absolute Gasteiger partial charge is 0.237 e. The number of thioether (sulfide) groups is 1. The Morgan fingerprint density at radius 2 is 1.77 bits per heavy atom. The van der Waals surface area contributed by atoms with Crippen molar-refractivity contribution in [2.24, 2.45) is 7.05 Å². The quantitative estimate of drug-likeness (QED) is 0.674. The number of carbonyl (C=O) groups excluding carboxylic acids is 2. The minimum absolute atomic E-state index is 0.123. The fourth-order valence-corrected chi connectivity index (χ4v) is 3.45. The maximum Gasteiger partial charge on any atom is 0.237 e. The van der Waals surface area contributed by atoms with E-state index in [0.717, 1.165) is 16.2 Å². The second kappa shape index (κ2) is 7.61. The van der Waals surface area contributed by atoms with E-state index in [0.29, 0.717) is 11.4 Å². The van der Waals surface area contributed by atoms with Crippen molar-refractivity contribution in [2.75, 3.05) is 10.6 Å². The molecule has 2 amide bonds. The number of aromatic nitrogens is 2. The van der Waals surface area contributed by atoms with Gasteiger partial charge in [-0.15, -0.1) is 0 Å². The lowest BCUT2D eigenvalue weighted by atomic mass is 10.2. The van der Waals surface area contributed by atoms with E-state index in [2.05, 4.69) is 15.6 Å². The Balaban J connectivity index is 1.69. The van der Waals surface area contributed by atoms with Crippen LogP contribution in [-0.2, 0) is 16.6 Å². The van der Waals surface area contributed by atoms with Crippen LogP contribution in [0.2, 0.25) is 0 Å². The fraction of sp³-hybridized carbons (Fsp3) is 0.211. The van der Waals surface area contributed by atoms with E-state index in [1.54, 1.807) is 24.3 Å². The molecule has 0 aliphatic heterocycles. The third-order valence-corrected chi connectivity index (χ3v) is 4.99. The van der Waals surface area contributed by atoms with Gasteiger partial charge in [0.05, 0.1) is 16.3 Å². The summed E-state index contributed by atoms with van der Waals surface area (Å²) < 4.78 is 1.99. The Hall–Kier alpha value is -2.80. The monoisotopic (exact) mass is 368 g/mol. The summed E-state index contributed by atoms with van der Waals surface area (Å²) in [6.07, 6.45) is 0. The van der Waals surface area contributed by atoms with E-state index in [1.807, 2.05) is 42.8 Å². The third kappa shape index (κ3) is 4.05. The molecule has 0 bridgehead atoms.